The monoisotopic (exact) mass is 341 g/mol. The number of methoxy groups -OCH3 is 1. The molecule has 0 unspecified atom stereocenters. The Labute approximate surface area is 125 Å². The second-order valence-electron chi connectivity index (χ2n) is 3.15. The molecule has 0 fully saturated rings. The zero-order chi connectivity index (χ0) is 16.6. The van der Waals surface area contributed by atoms with E-state index in [4.69, 9.17) is 11.6 Å². The predicted molar refractivity (Wildman–Crippen MR) is 72.4 cm³/mol. The zero-order valence-electron chi connectivity index (χ0n) is 11.2. The summed E-state index contributed by atoms with van der Waals surface area (Å²) in [5.41, 5.74) is -0.466. The number of esters is 1. The molecule has 0 radical (unpaired) electrons. The molecule has 118 valence electrons. The van der Waals surface area contributed by atoms with Crippen LogP contribution in [0.4, 0.5) is 5.69 Å². The third-order valence-corrected chi connectivity index (χ3v) is 3.02. The van der Waals surface area contributed by atoms with Crippen LogP contribution in [0.15, 0.2) is 18.2 Å². The lowest BCUT2D eigenvalue weighted by atomic mass is 10.2. The first kappa shape index (κ1) is 19.2. The van der Waals surface area contributed by atoms with Gasteiger partial charge in [-0.15, -0.1) is 0 Å². The van der Waals surface area contributed by atoms with E-state index in [1.165, 1.54) is 12.1 Å². The molecule has 1 rings (SSSR count). The van der Waals surface area contributed by atoms with E-state index in [2.05, 4.69) is 13.1 Å². The maximum atomic E-state index is 11.1. The van der Waals surface area contributed by atoms with Gasteiger partial charge in [-0.05, 0) is 12.1 Å². The minimum atomic E-state index is -3.66. The molecule has 0 spiro atoms. The zero-order valence-corrected chi connectivity index (χ0v) is 12.8. The smallest absolute Gasteiger partial charge is 0.399 e. The van der Waals surface area contributed by atoms with Gasteiger partial charge in [0.1, 0.15) is 5.56 Å². The van der Waals surface area contributed by atoms with Gasteiger partial charge in [-0.25, -0.2) is 4.79 Å². The van der Waals surface area contributed by atoms with Crippen LogP contribution in [-0.2, 0) is 23.5 Å². The summed E-state index contributed by atoms with van der Waals surface area (Å²) in [5.74, 6) is -0.779. The van der Waals surface area contributed by atoms with Gasteiger partial charge in [0.2, 0.25) is 0 Å². The maximum absolute atomic E-state index is 11.1. The van der Waals surface area contributed by atoms with E-state index in [-0.39, 0.29) is 16.3 Å². The summed E-state index contributed by atoms with van der Waals surface area (Å²) in [5, 5.41) is 10.8. The van der Waals surface area contributed by atoms with Crippen molar-refractivity contribution in [1.82, 2.24) is 0 Å². The van der Waals surface area contributed by atoms with Gasteiger partial charge in [-0.3, -0.25) is 18.5 Å². The third kappa shape index (κ3) is 6.49. The molecule has 0 aliphatic rings. The number of ether oxygens (including phenoxy) is 1. The van der Waals surface area contributed by atoms with Crippen LogP contribution in [0, 0.1) is 10.1 Å². The van der Waals surface area contributed by atoms with Crippen molar-refractivity contribution >= 4 is 33.7 Å². The Bertz CT molecular complexity index is 605. The second kappa shape index (κ2) is 8.52. The summed E-state index contributed by atoms with van der Waals surface area (Å²) in [7, 11) is -0.458. The first-order chi connectivity index (χ1) is 9.68. The van der Waals surface area contributed by atoms with Crippen molar-refractivity contribution < 1.29 is 31.2 Å². The third-order valence-electron chi connectivity index (χ3n) is 1.97. The molecule has 9 nitrogen and oxygen atoms in total. The summed E-state index contributed by atoms with van der Waals surface area (Å²) in [4.78, 5) is 20.9. The van der Waals surface area contributed by atoms with Crippen molar-refractivity contribution in [3.05, 3.63) is 38.9 Å². The molecular formula is C10H12ClNO8S. The summed E-state index contributed by atoms with van der Waals surface area (Å²) < 4.78 is 31.9. The number of nitrogens with zero attached hydrogens (tertiary/aromatic N) is 1. The molecule has 21 heavy (non-hydrogen) atoms. The number of rotatable bonds is 4. The van der Waals surface area contributed by atoms with Gasteiger partial charge in [0.15, 0.2) is 0 Å². The van der Waals surface area contributed by atoms with E-state index in [0.29, 0.717) is 0 Å². The molecule has 11 heteroatoms. The van der Waals surface area contributed by atoms with Gasteiger partial charge in [-0.2, -0.15) is 8.42 Å². The van der Waals surface area contributed by atoms with Crippen LogP contribution < -0.4 is 0 Å². The van der Waals surface area contributed by atoms with E-state index in [9.17, 15) is 23.3 Å². The van der Waals surface area contributed by atoms with Crippen LogP contribution in [0.25, 0.3) is 0 Å². The summed E-state index contributed by atoms with van der Waals surface area (Å²) in [6, 6.07) is 3.70. The summed E-state index contributed by atoms with van der Waals surface area (Å²) >= 11 is 5.59. The van der Waals surface area contributed by atoms with E-state index in [1.54, 1.807) is 0 Å². The van der Waals surface area contributed by atoms with Gasteiger partial charge >= 0.3 is 16.4 Å². The van der Waals surface area contributed by atoms with Crippen molar-refractivity contribution in [2.24, 2.45) is 0 Å². The first-order valence-corrected chi connectivity index (χ1v) is 6.78. The number of hydrogen-bond donors (Lipinski definition) is 0. The molecular weight excluding hydrogens is 330 g/mol. The highest BCUT2D eigenvalue weighted by Gasteiger charge is 2.20. The van der Waals surface area contributed by atoms with Crippen LogP contribution in [0.5, 0.6) is 0 Å². The number of nitro benzene ring substituents is 1. The van der Waals surface area contributed by atoms with Crippen LogP contribution in [0.2, 0.25) is 5.02 Å². The van der Waals surface area contributed by atoms with Gasteiger partial charge < -0.3 is 4.74 Å². The number of carbonyl (C=O) groups excluding carboxylic acids is 1. The molecule has 0 atom stereocenters. The Morgan fingerprint density at radius 2 is 1.76 bits per heavy atom. The first-order valence-electron chi connectivity index (χ1n) is 5.07. The fraction of sp³-hybridized carbons (Fsp3) is 0.300. The lowest BCUT2D eigenvalue weighted by Gasteiger charge is -2.00. The van der Waals surface area contributed by atoms with Crippen molar-refractivity contribution in [3.8, 4) is 0 Å². The topological polar surface area (TPSA) is 122 Å². The van der Waals surface area contributed by atoms with Crippen LogP contribution in [-0.4, -0.2) is 40.6 Å². The number of carbonyl (C=O) groups is 1. The van der Waals surface area contributed by atoms with E-state index in [0.717, 1.165) is 27.4 Å². The average molecular weight is 342 g/mol. The Morgan fingerprint density at radius 1 is 1.24 bits per heavy atom. The molecule has 1 aromatic carbocycles. The highest BCUT2D eigenvalue weighted by Crippen LogP contribution is 2.23. The number of nitro groups is 1. The fourth-order valence-electron chi connectivity index (χ4n) is 1.01. The normalized spacial score (nSPS) is 10.3. The van der Waals surface area contributed by atoms with Crippen LogP contribution >= 0.6 is 11.6 Å². The number of hydrogen-bond acceptors (Lipinski definition) is 8. The molecule has 0 aliphatic heterocycles. The van der Waals surface area contributed by atoms with Crippen molar-refractivity contribution in [2.75, 3.05) is 21.3 Å². The fourth-order valence-corrected chi connectivity index (χ4v) is 1.32. The van der Waals surface area contributed by atoms with Gasteiger partial charge in [0.05, 0.1) is 26.3 Å². The van der Waals surface area contributed by atoms with E-state index >= 15 is 0 Å². The van der Waals surface area contributed by atoms with Gasteiger partial charge in [-0.1, -0.05) is 11.6 Å². The second-order valence-corrected chi connectivity index (χ2v) is 5.07. The average Bonchev–Trinajstić information content (AvgIpc) is 2.46. The molecule has 0 amide bonds. The van der Waals surface area contributed by atoms with Crippen molar-refractivity contribution in [2.45, 2.75) is 0 Å². The Kier molecular flexibility index (Phi) is 7.81. The van der Waals surface area contributed by atoms with Crippen LogP contribution in [0.3, 0.4) is 0 Å². The van der Waals surface area contributed by atoms with E-state index < -0.39 is 21.3 Å². The Morgan fingerprint density at radius 3 is 2.10 bits per heavy atom. The molecule has 1 aromatic rings. The SMILES string of the molecule is COC(=O)c1cc(Cl)ccc1[N+](=O)[O-].COS(=O)(=O)OC. The van der Waals surface area contributed by atoms with Crippen molar-refractivity contribution in [1.29, 1.82) is 0 Å². The van der Waals surface area contributed by atoms with Gasteiger partial charge in [0.25, 0.3) is 5.69 Å². The summed E-state index contributed by atoms with van der Waals surface area (Å²) in [6.45, 7) is 0. The predicted octanol–water partition coefficient (Wildman–Crippen LogP) is 1.56. The molecule has 0 aliphatic carbocycles. The number of halogens is 1. The molecule has 0 heterocycles. The minimum absolute atomic E-state index is 0.148. The van der Waals surface area contributed by atoms with Crippen LogP contribution in [0.1, 0.15) is 10.4 Å². The summed E-state index contributed by atoms with van der Waals surface area (Å²) in [6.07, 6.45) is 0. The Balaban J connectivity index is 0.000000486. The molecule has 0 aromatic heterocycles. The lowest BCUT2D eigenvalue weighted by Crippen LogP contribution is -2.05. The largest absolute Gasteiger partial charge is 0.465 e. The van der Waals surface area contributed by atoms with Crippen molar-refractivity contribution in [3.63, 3.8) is 0 Å². The highest BCUT2D eigenvalue weighted by molar-refractivity contribution is 7.81. The standard InChI is InChI=1S/C8H6ClNO4.C2H6O4S/c1-14-8(11)6-4-5(9)2-3-7(6)10(12)13;1-5-7(3,4)6-2/h2-4H,1H3;1-2H3. The van der Waals surface area contributed by atoms with Gasteiger partial charge in [0, 0.05) is 11.1 Å². The number of benzene rings is 1. The highest BCUT2D eigenvalue weighted by atomic mass is 35.5. The lowest BCUT2D eigenvalue weighted by molar-refractivity contribution is -0.385. The quantitative estimate of drug-likeness (QED) is 0.459. The minimum Gasteiger partial charge on any atom is -0.465 e. The molecule has 0 bridgehead atoms. The maximum Gasteiger partial charge on any atom is 0.399 e. The van der Waals surface area contributed by atoms with E-state index in [1.807, 2.05) is 0 Å². The molecule has 0 saturated heterocycles. The molecule has 0 saturated carbocycles. The molecule has 0 N–H and O–H groups in total. The Hall–Kier alpha value is -1.75.